The van der Waals surface area contributed by atoms with Crippen LogP contribution >= 0.6 is 11.6 Å². The molecule has 43 heavy (non-hydrogen) atoms. The van der Waals surface area contributed by atoms with Crippen LogP contribution in [0.2, 0.25) is 5.02 Å². The molecule has 2 aliphatic heterocycles. The molecule has 3 heterocycles. The van der Waals surface area contributed by atoms with Gasteiger partial charge in [0.15, 0.2) is 17.3 Å². The predicted octanol–water partition coefficient (Wildman–Crippen LogP) is 4.15. The van der Waals surface area contributed by atoms with Crippen molar-refractivity contribution in [3.63, 3.8) is 0 Å². The molecule has 4 aromatic rings. The Balaban J connectivity index is 1.35. The van der Waals surface area contributed by atoms with Gasteiger partial charge >= 0.3 is 5.97 Å². The van der Waals surface area contributed by atoms with Crippen molar-refractivity contribution in [3.05, 3.63) is 106 Å². The molecule has 1 N–H and O–H groups in total. The van der Waals surface area contributed by atoms with Crippen LogP contribution < -0.4 is 4.90 Å². The highest BCUT2D eigenvalue weighted by Gasteiger charge is 2.38. The molecule has 1 aromatic heterocycles. The third-order valence-electron chi connectivity index (χ3n) is 7.78. The molecule has 0 aliphatic carbocycles. The number of Topliss-reactive ketones (excluding diaryl/α,β-unsaturated/α-hetero) is 1. The van der Waals surface area contributed by atoms with Crippen molar-refractivity contribution in [2.75, 3.05) is 37.7 Å². The number of aromatic nitrogens is 3. The molecule has 0 saturated carbocycles. The lowest BCUT2D eigenvalue weighted by molar-refractivity contribution is -0.123. The van der Waals surface area contributed by atoms with E-state index in [1.807, 2.05) is 18.2 Å². The summed E-state index contributed by atoms with van der Waals surface area (Å²) in [6.07, 6.45) is 1.82. The van der Waals surface area contributed by atoms with Gasteiger partial charge in [-0.2, -0.15) is 0 Å². The summed E-state index contributed by atoms with van der Waals surface area (Å²) < 4.78 is 21.3. The van der Waals surface area contributed by atoms with E-state index in [1.54, 1.807) is 18.2 Å². The zero-order valence-corrected chi connectivity index (χ0v) is 23.7. The standard InChI is InChI=1S/C31H27ClFN5O5/c32-23-4-2-6-26(28(23)33)38-18-24(34-35-38)30(40)37-12-11-21-22(3-1-5-25(21)36-13-15-43-16-14-36)29(37)27(39)17-19-7-9-20(10-8-19)31(41)42/h1-10,18,29H,11-17H2,(H,41,42)/t29-/m0/s1. The number of benzene rings is 3. The number of hydrogen-bond donors (Lipinski definition) is 1. The quantitative estimate of drug-likeness (QED) is 0.335. The first-order chi connectivity index (χ1) is 20.8. The predicted molar refractivity (Wildman–Crippen MR) is 155 cm³/mol. The Bertz CT molecular complexity index is 1700. The number of ether oxygens (including phenoxy) is 1. The average Bonchev–Trinajstić information content (AvgIpc) is 3.52. The number of carboxylic acids is 1. The highest BCUT2D eigenvalue weighted by atomic mass is 35.5. The molecule has 3 aromatic carbocycles. The van der Waals surface area contributed by atoms with E-state index in [4.69, 9.17) is 16.3 Å². The number of carbonyl (C=O) groups is 3. The first-order valence-electron chi connectivity index (χ1n) is 13.8. The highest BCUT2D eigenvalue weighted by molar-refractivity contribution is 6.30. The normalized spacial score (nSPS) is 16.6. The van der Waals surface area contributed by atoms with Gasteiger partial charge in [0.25, 0.3) is 5.91 Å². The fourth-order valence-corrected chi connectivity index (χ4v) is 5.85. The van der Waals surface area contributed by atoms with Crippen LogP contribution in [0.25, 0.3) is 5.69 Å². The molecule has 12 heteroatoms. The van der Waals surface area contributed by atoms with E-state index in [0.717, 1.165) is 34.6 Å². The zero-order valence-electron chi connectivity index (χ0n) is 23.0. The van der Waals surface area contributed by atoms with Gasteiger partial charge in [0, 0.05) is 31.7 Å². The molecule has 6 rings (SSSR count). The number of fused-ring (bicyclic) bond motifs is 1. The topological polar surface area (TPSA) is 118 Å². The first-order valence-corrected chi connectivity index (χ1v) is 14.2. The highest BCUT2D eigenvalue weighted by Crippen LogP contribution is 2.38. The van der Waals surface area contributed by atoms with Crippen molar-refractivity contribution in [2.45, 2.75) is 18.9 Å². The summed E-state index contributed by atoms with van der Waals surface area (Å²) in [5, 5.41) is 17.1. The van der Waals surface area contributed by atoms with E-state index in [-0.39, 0.29) is 40.7 Å². The number of carboxylic acid groups (broad SMARTS) is 1. The Morgan fingerprint density at radius 1 is 0.977 bits per heavy atom. The van der Waals surface area contributed by atoms with Crippen LogP contribution in [0.15, 0.2) is 66.9 Å². The summed E-state index contributed by atoms with van der Waals surface area (Å²) in [5.74, 6) is -2.50. The molecule has 1 amide bonds. The Morgan fingerprint density at radius 3 is 2.44 bits per heavy atom. The van der Waals surface area contributed by atoms with Crippen molar-refractivity contribution >= 4 is 34.9 Å². The minimum absolute atomic E-state index is 0.0179. The summed E-state index contributed by atoms with van der Waals surface area (Å²) in [6.45, 7) is 2.89. The van der Waals surface area contributed by atoms with E-state index in [1.165, 1.54) is 35.4 Å². The van der Waals surface area contributed by atoms with Crippen LogP contribution in [0, 0.1) is 5.82 Å². The van der Waals surface area contributed by atoms with Gasteiger partial charge in [0.05, 0.1) is 30.0 Å². The van der Waals surface area contributed by atoms with Gasteiger partial charge in [-0.1, -0.05) is 47.1 Å². The van der Waals surface area contributed by atoms with Gasteiger partial charge in [-0.25, -0.2) is 13.9 Å². The Morgan fingerprint density at radius 2 is 1.70 bits per heavy atom. The van der Waals surface area contributed by atoms with E-state index >= 15 is 0 Å². The van der Waals surface area contributed by atoms with Crippen LogP contribution in [-0.2, 0) is 22.4 Å². The van der Waals surface area contributed by atoms with Crippen LogP contribution in [0.3, 0.4) is 0 Å². The Hall–Kier alpha value is -4.61. The van der Waals surface area contributed by atoms with Gasteiger partial charge in [-0.15, -0.1) is 5.10 Å². The molecular weight excluding hydrogens is 577 g/mol. The van der Waals surface area contributed by atoms with Crippen molar-refractivity contribution in [1.82, 2.24) is 19.9 Å². The number of aromatic carboxylic acids is 1. The van der Waals surface area contributed by atoms with Crippen LogP contribution in [-0.4, -0.2) is 75.5 Å². The van der Waals surface area contributed by atoms with E-state index in [2.05, 4.69) is 15.2 Å². The van der Waals surface area contributed by atoms with Crippen molar-refractivity contribution in [3.8, 4) is 5.69 Å². The molecule has 220 valence electrons. The fourth-order valence-electron chi connectivity index (χ4n) is 5.68. The second-order valence-electron chi connectivity index (χ2n) is 10.4. The van der Waals surface area contributed by atoms with Crippen molar-refractivity contribution in [2.24, 2.45) is 0 Å². The fraction of sp³-hybridized carbons (Fsp3) is 0.258. The number of rotatable bonds is 7. The maximum atomic E-state index is 14.6. The minimum Gasteiger partial charge on any atom is -0.478 e. The number of hydrogen-bond acceptors (Lipinski definition) is 7. The first kappa shape index (κ1) is 28.5. The van der Waals surface area contributed by atoms with E-state index in [0.29, 0.717) is 25.2 Å². The van der Waals surface area contributed by atoms with Gasteiger partial charge in [0.1, 0.15) is 11.7 Å². The van der Waals surface area contributed by atoms with Crippen LogP contribution in [0.4, 0.5) is 10.1 Å². The van der Waals surface area contributed by atoms with Gasteiger partial charge in [-0.3, -0.25) is 9.59 Å². The molecule has 0 spiro atoms. The van der Waals surface area contributed by atoms with Crippen LogP contribution in [0.5, 0.6) is 0 Å². The molecule has 2 aliphatic rings. The zero-order chi connectivity index (χ0) is 30.1. The molecule has 1 saturated heterocycles. The lowest BCUT2D eigenvalue weighted by Gasteiger charge is -2.39. The minimum atomic E-state index is -1.06. The molecule has 1 atom stereocenters. The van der Waals surface area contributed by atoms with Gasteiger partial charge < -0.3 is 19.6 Å². The third kappa shape index (κ3) is 5.61. The summed E-state index contributed by atoms with van der Waals surface area (Å²) >= 11 is 5.93. The third-order valence-corrected chi connectivity index (χ3v) is 8.08. The molecular formula is C31H27ClFN5O5. The summed E-state index contributed by atoms with van der Waals surface area (Å²) in [5.41, 5.74) is 3.47. The number of halogens is 2. The number of morpholine rings is 1. The lowest BCUT2D eigenvalue weighted by atomic mass is 9.86. The smallest absolute Gasteiger partial charge is 0.335 e. The number of nitrogens with zero attached hydrogens (tertiary/aromatic N) is 5. The largest absolute Gasteiger partial charge is 0.478 e. The summed E-state index contributed by atoms with van der Waals surface area (Å²) in [4.78, 5) is 43.0. The number of ketones is 1. The Labute approximate surface area is 251 Å². The van der Waals surface area contributed by atoms with Crippen LogP contribution in [0.1, 0.15) is 43.6 Å². The van der Waals surface area contributed by atoms with Gasteiger partial charge in [-0.05, 0) is 53.4 Å². The van der Waals surface area contributed by atoms with Crippen molar-refractivity contribution in [1.29, 1.82) is 0 Å². The molecule has 10 nitrogen and oxygen atoms in total. The molecule has 0 radical (unpaired) electrons. The molecule has 0 unspecified atom stereocenters. The molecule has 0 bridgehead atoms. The van der Waals surface area contributed by atoms with E-state index in [9.17, 15) is 23.9 Å². The van der Waals surface area contributed by atoms with E-state index < -0.39 is 23.7 Å². The maximum Gasteiger partial charge on any atom is 0.335 e. The van der Waals surface area contributed by atoms with Crippen molar-refractivity contribution < 1.29 is 28.6 Å². The van der Waals surface area contributed by atoms with Gasteiger partial charge in [0.2, 0.25) is 0 Å². The summed E-state index contributed by atoms with van der Waals surface area (Å²) in [6, 6.07) is 15.4. The lowest BCUT2D eigenvalue weighted by Crippen LogP contribution is -2.45. The maximum absolute atomic E-state index is 14.6. The second kappa shape index (κ2) is 11.9. The number of amides is 1. The number of carbonyl (C=O) groups excluding carboxylic acids is 2. The summed E-state index contributed by atoms with van der Waals surface area (Å²) in [7, 11) is 0. The Kier molecular flexibility index (Phi) is 7.92. The second-order valence-corrected chi connectivity index (χ2v) is 10.8. The average molecular weight is 604 g/mol. The monoisotopic (exact) mass is 603 g/mol. The SMILES string of the molecule is O=C(O)c1ccc(CC(=O)[C@@H]2c3cccc(N4CCOCC4)c3CCN2C(=O)c2cn(-c3cccc(Cl)c3F)nn2)cc1. The molecule has 1 fully saturated rings. The number of anilines is 1.